The van der Waals surface area contributed by atoms with Crippen LogP contribution in [-0.4, -0.2) is 15.9 Å². The van der Waals surface area contributed by atoms with E-state index in [0.29, 0.717) is 38.8 Å². The van der Waals surface area contributed by atoms with Crippen molar-refractivity contribution in [2.24, 2.45) is 5.73 Å². The van der Waals surface area contributed by atoms with Crippen molar-refractivity contribution in [1.82, 2.24) is 9.97 Å². The predicted octanol–water partition coefficient (Wildman–Crippen LogP) is 2.82. The molecule has 0 bridgehead atoms. The first kappa shape index (κ1) is 15.1. The lowest BCUT2D eigenvalue weighted by molar-refractivity contribution is 0.100. The van der Waals surface area contributed by atoms with Crippen molar-refractivity contribution in [2.75, 3.05) is 11.5 Å². The highest BCUT2D eigenvalue weighted by Gasteiger charge is 2.22. The molecule has 9 heteroatoms. The van der Waals surface area contributed by atoms with Crippen LogP contribution < -0.4 is 17.2 Å². The third-order valence-corrected chi connectivity index (χ3v) is 5.25. The zero-order valence-electron chi connectivity index (χ0n) is 11.2. The summed E-state index contributed by atoms with van der Waals surface area (Å²) in [6, 6.07) is 0. The summed E-state index contributed by atoms with van der Waals surface area (Å²) in [4.78, 5) is 20.6. The molecule has 2 aromatic heterocycles. The molecule has 0 aliphatic heterocycles. The van der Waals surface area contributed by atoms with Crippen molar-refractivity contribution in [1.29, 1.82) is 0 Å². The second kappa shape index (κ2) is 5.42. The lowest BCUT2D eigenvalue weighted by atomic mass is 9.99. The number of thiophene rings is 1. The van der Waals surface area contributed by atoms with E-state index in [1.165, 1.54) is 0 Å². The minimum atomic E-state index is -0.608. The zero-order chi connectivity index (χ0) is 16.0. The maximum atomic E-state index is 11.5. The Balaban J connectivity index is 2.30. The molecule has 114 valence electrons. The second-order valence-corrected chi connectivity index (χ2v) is 6.60. The van der Waals surface area contributed by atoms with Gasteiger partial charge >= 0.3 is 0 Å². The highest BCUT2D eigenvalue weighted by Crippen LogP contribution is 2.40. The molecule has 6 N–H and O–H groups in total. The first-order chi connectivity index (χ1) is 10.4. The monoisotopic (exact) mass is 355 g/mol. The van der Waals surface area contributed by atoms with E-state index >= 15 is 0 Å². The summed E-state index contributed by atoms with van der Waals surface area (Å²) in [5.41, 5.74) is 18.8. The third-order valence-electron chi connectivity index (χ3n) is 3.31. The minimum Gasteiger partial charge on any atom is -0.397 e. The van der Waals surface area contributed by atoms with Gasteiger partial charge in [0.05, 0.1) is 21.8 Å². The molecule has 0 fully saturated rings. The van der Waals surface area contributed by atoms with Gasteiger partial charge in [0.1, 0.15) is 9.71 Å². The van der Waals surface area contributed by atoms with E-state index in [2.05, 4.69) is 9.97 Å². The zero-order valence-corrected chi connectivity index (χ0v) is 13.5. The lowest BCUT2D eigenvalue weighted by Crippen LogP contribution is -2.11. The van der Waals surface area contributed by atoms with Crippen molar-refractivity contribution in [3.63, 3.8) is 0 Å². The van der Waals surface area contributed by atoms with Crippen molar-refractivity contribution in [2.45, 2.75) is 12.8 Å². The summed E-state index contributed by atoms with van der Waals surface area (Å²) >= 11 is 13.2. The number of primary amides is 1. The number of nitrogen functional groups attached to an aromatic ring is 2. The summed E-state index contributed by atoms with van der Waals surface area (Å²) in [5, 5.41) is 1.62. The molecule has 2 heterocycles. The Kier molecular flexibility index (Phi) is 3.72. The number of carbonyl (C=O) groups is 1. The Hall–Kier alpha value is -1.83. The Morgan fingerprint density at radius 2 is 1.95 bits per heavy atom. The SMILES string of the molecule is NC(=O)c1sc2nc(N)nc(C3=CC(Cl)=C(Cl)CC3)c2c1N. The lowest BCUT2D eigenvalue weighted by Gasteiger charge is -2.14. The summed E-state index contributed by atoms with van der Waals surface area (Å²) < 4.78 is 0. The molecule has 0 atom stereocenters. The van der Waals surface area contributed by atoms with Gasteiger partial charge in [-0.2, -0.15) is 0 Å². The van der Waals surface area contributed by atoms with Gasteiger partial charge in [0.15, 0.2) is 0 Å². The van der Waals surface area contributed by atoms with Crippen LogP contribution in [-0.2, 0) is 0 Å². The molecule has 1 aliphatic rings. The molecule has 0 unspecified atom stereocenters. The van der Waals surface area contributed by atoms with E-state index in [0.717, 1.165) is 16.9 Å². The maximum Gasteiger partial charge on any atom is 0.260 e. The van der Waals surface area contributed by atoms with E-state index in [1.807, 2.05) is 0 Å². The molecule has 0 spiro atoms. The number of anilines is 2. The number of rotatable bonds is 2. The second-order valence-electron chi connectivity index (χ2n) is 4.74. The topological polar surface area (TPSA) is 121 Å². The number of fused-ring (bicyclic) bond motifs is 1. The van der Waals surface area contributed by atoms with Gasteiger partial charge in [-0.05, 0) is 24.5 Å². The Morgan fingerprint density at radius 1 is 1.23 bits per heavy atom. The van der Waals surface area contributed by atoms with E-state index in [-0.39, 0.29) is 16.5 Å². The normalized spacial score (nSPS) is 15.3. The molecule has 0 saturated heterocycles. The largest absolute Gasteiger partial charge is 0.397 e. The van der Waals surface area contributed by atoms with Crippen LogP contribution >= 0.6 is 34.5 Å². The molecular formula is C13H11Cl2N5OS. The van der Waals surface area contributed by atoms with E-state index in [1.54, 1.807) is 6.08 Å². The fourth-order valence-corrected chi connectivity index (χ4v) is 3.64. The molecule has 6 nitrogen and oxygen atoms in total. The number of hydrogen-bond donors (Lipinski definition) is 3. The van der Waals surface area contributed by atoms with Crippen LogP contribution in [0.3, 0.4) is 0 Å². The van der Waals surface area contributed by atoms with E-state index in [9.17, 15) is 4.79 Å². The Morgan fingerprint density at radius 3 is 2.59 bits per heavy atom. The van der Waals surface area contributed by atoms with Crippen molar-refractivity contribution in [3.8, 4) is 0 Å². The molecule has 0 radical (unpaired) electrons. The number of aromatic nitrogens is 2. The number of hydrogen-bond acceptors (Lipinski definition) is 6. The first-order valence-electron chi connectivity index (χ1n) is 6.29. The standard InChI is InChI=1S/C13H11Cl2N5OS/c14-5-2-1-4(3-6(5)15)9-7-8(16)10(11(17)21)22-12(7)20-13(18)19-9/h3H,1-2,16H2,(H2,17,21)(H2,18,19,20). The highest BCUT2D eigenvalue weighted by atomic mass is 35.5. The summed E-state index contributed by atoms with van der Waals surface area (Å²) in [6.07, 6.45) is 2.97. The number of halogens is 2. The molecule has 1 amide bonds. The fourth-order valence-electron chi connectivity index (χ4n) is 2.31. The van der Waals surface area contributed by atoms with Gasteiger partial charge in [-0.15, -0.1) is 11.3 Å². The van der Waals surface area contributed by atoms with Crippen LogP contribution in [0.1, 0.15) is 28.2 Å². The molecular weight excluding hydrogens is 345 g/mol. The fraction of sp³-hybridized carbons (Fsp3) is 0.154. The first-order valence-corrected chi connectivity index (χ1v) is 7.86. The molecule has 3 rings (SSSR count). The summed E-state index contributed by atoms with van der Waals surface area (Å²) in [6.45, 7) is 0. The summed E-state index contributed by atoms with van der Waals surface area (Å²) in [7, 11) is 0. The third kappa shape index (κ3) is 2.41. The predicted molar refractivity (Wildman–Crippen MR) is 90.7 cm³/mol. The van der Waals surface area contributed by atoms with Crippen molar-refractivity contribution >= 4 is 67.9 Å². The van der Waals surface area contributed by atoms with Gasteiger partial charge < -0.3 is 17.2 Å². The van der Waals surface area contributed by atoms with Crippen LogP contribution in [0.2, 0.25) is 0 Å². The molecule has 22 heavy (non-hydrogen) atoms. The van der Waals surface area contributed by atoms with Crippen LogP contribution in [0.5, 0.6) is 0 Å². The van der Waals surface area contributed by atoms with Crippen molar-refractivity contribution < 1.29 is 4.79 Å². The number of nitrogens with zero attached hydrogens (tertiary/aromatic N) is 2. The number of carbonyl (C=O) groups excluding carboxylic acids is 1. The highest BCUT2D eigenvalue weighted by molar-refractivity contribution is 7.21. The molecule has 1 aliphatic carbocycles. The van der Waals surface area contributed by atoms with Gasteiger partial charge in [-0.25, -0.2) is 9.97 Å². The average Bonchev–Trinajstić information content (AvgIpc) is 2.78. The minimum absolute atomic E-state index is 0.0949. The number of nitrogens with two attached hydrogens (primary N) is 3. The molecule has 0 saturated carbocycles. The van der Waals surface area contributed by atoms with Crippen LogP contribution in [0.25, 0.3) is 15.8 Å². The van der Waals surface area contributed by atoms with Crippen LogP contribution in [0.4, 0.5) is 11.6 Å². The van der Waals surface area contributed by atoms with Gasteiger partial charge in [-0.1, -0.05) is 23.2 Å². The van der Waals surface area contributed by atoms with Crippen molar-refractivity contribution in [3.05, 3.63) is 26.7 Å². The summed E-state index contributed by atoms with van der Waals surface area (Å²) in [5.74, 6) is -0.513. The van der Waals surface area contributed by atoms with Gasteiger partial charge in [0.2, 0.25) is 5.95 Å². The van der Waals surface area contributed by atoms with Crippen LogP contribution in [0, 0.1) is 0 Å². The quantitative estimate of drug-likeness (QED) is 0.764. The average molecular weight is 356 g/mol. The molecule has 0 aromatic carbocycles. The Bertz CT molecular complexity index is 871. The maximum absolute atomic E-state index is 11.5. The smallest absolute Gasteiger partial charge is 0.260 e. The number of amides is 1. The molecule has 2 aromatic rings. The Labute approximate surface area is 139 Å². The van der Waals surface area contributed by atoms with Gasteiger partial charge in [0, 0.05) is 5.03 Å². The van der Waals surface area contributed by atoms with E-state index < -0.39 is 5.91 Å². The van der Waals surface area contributed by atoms with Gasteiger partial charge in [-0.3, -0.25) is 4.79 Å². The van der Waals surface area contributed by atoms with E-state index in [4.69, 9.17) is 40.4 Å². The van der Waals surface area contributed by atoms with Crippen LogP contribution in [0.15, 0.2) is 16.1 Å². The number of allylic oxidation sites excluding steroid dienone is 4. The van der Waals surface area contributed by atoms with Gasteiger partial charge in [0.25, 0.3) is 5.91 Å².